The minimum Gasteiger partial charge on any atom is -0.384 e. The minimum atomic E-state index is -1.69. The average Bonchev–Trinajstić information content (AvgIpc) is 3.05. The van der Waals surface area contributed by atoms with E-state index in [4.69, 9.17) is 5.73 Å². The number of carbonyl (C=O) groups is 2. The predicted molar refractivity (Wildman–Crippen MR) is 122 cm³/mol. The zero-order valence-corrected chi connectivity index (χ0v) is 18.6. The fourth-order valence-electron chi connectivity index (χ4n) is 5.51. The minimum absolute atomic E-state index is 0.0761. The van der Waals surface area contributed by atoms with Crippen LogP contribution in [-0.4, -0.2) is 18.2 Å². The Morgan fingerprint density at radius 3 is 2.59 bits per heavy atom. The Morgan fingerprint density at radius 1 is 1.12 bits per heavy atom. The van der Waals surface area contributed by atoms with Crippen molar-refractivity contribution in [3.63, 3.8) is 0 Å². The molecule has 0 saturated heterocycles. The fraction of sp³-hybridized carbons (Fsp3) is 0.269. The average molecular weight is 460 g/mol. The first kappa shape index (κ1) is 21.8. The van der Waals surface area contributed by atoms with Crippen LogP contribution in [-0.2, 0) is 15.0 Å². The summed E-state index contributed by atoms with van der Waals surface area (Å²) in [5.41, 5.74) is 6.32. The molecule has 2 heterocycles. The molecule has 1 spiro atoms. The number of para-hydroxylation sites is 1. The van der Waals surface area contributed by atoms with E-state index in [1.54, 1.807) is 29.2 Å². The third-order valence-corrected chi connectivity index (χ3v) is 6.78. The zero-order valence-electron chi connectivity index (χ0n) is 18.6. The van der Waals surface area contributed by atoms with Gasteiger partial charge < -0.3 is 10.6 Å². The molecule has 0 saturated carbocycles. The normalized spacial score (nSPS) is 21.8. The SMILES string of the molecule is CCCN1C(=O)[C@@]2(C(C#N)=C(N)N(c3ccc(F)cc3F)C3=C2C(=O)CCC3)c2ccccc21. The number of rotatable bonds is 3. The number of amides is 1. The standard InChI is InChI=1S/C26H22F2N4O2/c1-2-12-31-19-7-4-3-6-16(19)26(25(31)34)17(14-29)24(30)32(20-11-10-15(27)13-18(20)28)21-8-5-9-22(33)23(21)26/h3-4,6-7,10-11,13H,2,5,8-9,12,30H2,1H3/t26-/m1/s1. The monoisotopic (exact) mass is 460 g/mol. The van der Waals surface area contributed by atoms with E-state index in [2.05, 4.69) is 6.07 Å². The first-order valence-corrected chi connectivity index (χ1v) is 11.2. The molecular formula is C26H22F2N4O2. The van der Waals surface area contributed by atoms with Crippen LogP contribution in [0.2, 0.25) is 0 Å². The number of anilines is 2. The van der Waals surface area contributed by atoms with Crippen molar-refractivity contribution in [2.75, 3.05) is 16.3 Å². The van der Waals surface area contributed by atoms with Crippen molar-refractivity contribution < 1.29 is 18.4 Å². The van der Waals surface area contributed by atoms with Crippen molar-refractivity contribution in [2.45, 2.75) is 38.0 Å². The Labute approximate surface area is 195 Å². The summed E-state index contributed by atoms with van der Waals surface area (Å²) in [5.74, 6) is -2.47. The van der Waals surface area contributed by atoms with Crippen LogP contribution in [0.4, 0.5) is 20.2 Å². The maximum Gasteiger partial charge on any atom is 0.247 e. The molecule has 8 heteroatoms. The van der Waals surface area contributed by atoms with Gasteiger partial charge in [0.2, 0.25) is 5.91 Å². The summed E-state index contributed by atoms with van der Waals surface area (Å²) >= 11 is 0. The first-order chi connectivity index (χ1) is 16.4. The molecule has 0 aromatic heterocycles. The number of nitrogens with zero attached hydrogens (tertiary/aromatic N) is 3. The molecular weight excluding hydrogens is 438 g/mol. The van der Waals surface area contributed by atoms with Crippen molar-refractivity contribution >= 4 is 23.1 Å². The van der Waals surface area contributed by atoms with Gasteiger partial charge in [-0.3, -0.25) is 14.5 Å². The summed E-state index contributed by atoms with van der Waals surface area (Å²) in [4.78, 5) is 30.6. The molecule has 1 amide bonds. The number of hydrogen-bond donors (Lipinski definition) is 1. The lowest BCUT2D eigenvalue weighted by Gasteiger charge is -2.43. The fourth-order valence-corrected chi connectivity index (χ4v) is 5.51. The number of nitriles is 1. The number of benzene rings is 2. The highest BCUT2D eigenvalue weighted by Crippen LogP contribution is 2.56. The number of Topliss-reactive ketones (excluding diaryl/α,β-unsaturated/α-hetero) is 1. The Kier molecular flexibility index (Phi) is 5.01. The topological polar surface area (TPSA) is 90.4 Å². The highest BCUT2D eigenvalue weighted by molar-refractivity contribution is 6.20. The summed E-state index contributed by atoms with van der Waals surface area (Å²) in [5, 5.41) is 10.3. The third-order valence-electron chi connectivity index (χ3n) is 6.78. The smallest absolute Gasteiger partial charge is 0.247 e. The summed E-state index contributed by atoms with van der Waals surface area (Å²) in [6.07, 6.45) is 1.70. The van der Waals surface area contributed by atoms with Crippen molar-refractivity contribution in [1.29, 1.82) is 5.26 Å². The van der Waals surface area contributed by atoms with Crippen molar-refractivity contribution in [1.82, 2.24) is 0 Å². The van der Waals surface area contributed by atoms with Gasteiger partial charge in [-0.25, -0.2) is 8.78 Å². The molecule has 34 heavy (non-hydrogen) atoms. The largest absolute Gasteiger partial charge is 0.384 e. The summed E-state index contributed by atoms with van der Waals surface area (Å²) in [6.45, 7) is 2.34. The van der Waals surface area contributed by atoms with Gasteiger partial charge in [0.1, 0.15) is 28.9 Å². The molecule has 1 aliphatic carbocycles. The van der Waals surface area contributed by atoms with Crippen LogP contribution in [0.25, 0.3) is 0 Å². The van der Waals surface area contributed by atoms with Gasteiger partial charge in [-0.15, -0.1) is 0 Å². The van der Waals surface area contributed by atoms with Crippen molar-refractivity contribution in [3.8, 4) is 6.07 Å². The molecule has 1 atom stereocenters. The highest BCUT2D eigenvalue weighted by atomic mass is 19.1. The van der Waals surface area contributed by atoms with Crippen LogP contribution in [0.5, 0.6) is 0 Å². The first-order valence-electron chi connectivity index (χ1n) is 11.2. The quantitative estimate of drug-likeness (QED) is 0.742. The molecule has 6 nitrogen and oxygen atoms in total. The van der Waals surface area contributed by atoms with Crippen molar-refractivity contribution in [2.24, 2.45) is 5.73 Å². The Hall–Kier alpha value is -3.99. The van der Waals surface area contributed by atoms with Gasteiger partial charge in [-0.1, -0.05) is 25.1 Å². The molecule has 2 aromatic carbocycles. The number of fused-ring (bicyclic) bond motifs is 3. The van der Waals surface area contributed by atoms with Gasteiger partial charge in [-0.2, -0.15) is 5.26 Å². The molecule has 0 unspecified atom stereocenters. The van der Waals surface area contributed by atoms with Crippen LogP contribution >= 0.6 is 0 Å². The summed E-state index contributed by atoms with van der Waals surface area (Å²) < 4.78 is 28.6. The van der Waals surface area contributed by atoms with Gasteiger partial charge >= 0.3 is 0 Å². The van der Waals surface area contributed by atoms with E-state index in [0.717, 1.165) is 12.1 Å². The van der Waals surface area contributed by atoms with E-state index < -0.39 is 23.0 Å². The van der Waals surface area contributed by atoms with Crippen LogP contribution < -0.4 is 15.5 Å². The Bertz CT molecular complexity index is 1360. The maximum atomic E-state index is 14.9. The van der Waals surface area contributed by atoms with E-state index in [0.29, 0.717) is 42.8 Å². The molecule has 172 valence electrons. The highest BCUT2D eigenvalue weighted by Gasteiger charge is 2.62. The Balaban J connectivity index is 1.88. The number of hydrogen-bond acceptors (Lipinski definition) is 5. The second-order valence-electron chi connectivity index (χ2n) is 8.63. The number of ketones is 1. The molecule has 0 bridgehead atoms. The van der Waals surface area contributed by atoms with Crippen LogP contribution in [0.15, 0.2) is 65.1 Å². The molecule has 0 fully saturated rings. The van der Waals surface area contributed by atoms with E-state index >= 15 is 0 Å². The van der Waals surface area contributed by atoms with Crippen LogP contribution in [0, 0.1) is 23.0 Å². The molecule has 3 aliphatic rings. The zero-order chi connectivity index (χ0) is 24.2. The van der Waals surface area contributed by atoms with E-state index in [-0.39, 0.29) is 34.9 Å². The second kappa shape index (κ2) is 7.80. The summed E-state index contributed by atoms with van der Waals surface area (Å²) in [6, 6.07) is 12.2. The van der Waals surface area contributed by atoms with Gasteiger partial charge in [-0.05, 0) is 37.5 Å². The van der Waals surface area contributed by atoms with Crippen LogP contribution in [0.3, 0.4) is 0 Å². The predicted octanol–water partition coefficient (Wildman–Crippen LogP) is 4.18. The molecule has 2 aliphatic heterocycles. The summed E-state index contributed by atoms with van der Waals surface area (Å²) in [7, 11) is 0. The molecule has 5 rings (SSSR count). The van der Waals surface area contributed by atoms with E-state index in [1.807, 2.05) is 6.92 Å². The maximum absolute atomic E-state index is 14.9. The number of nitrogens with two attached hydrogens (primary N) is 1. The van der Waals surface area contributed by atoms with Crippen molar-refractivity contribution in [3.05, 3.63) is 82.3 Å². The number of carbonyl (C=O) groups excluding carboxylic acids is 2. The van der Waals surface area contributed by atoms with E-state index in [1.165, 1.54) is 11.0 Å². The molecule has 0 radical (unpaired) electrons. The second-order valence-corrected chi connectivity index (χ2v) is 8.63. The number of halogens is 2. The molecule has 2 aromatic rings. The Morgan fingerprint density at radius 2 is 1.88 bits per heavy atom. The third kappa shape index (κ3) is 2.70. The van der Waals surface area contributed by atoms with Gasteiger partial charge in [0.25, 0.3) is 0 Å². The van der Waals surface area contributed by atoms with Gasteiger partial charge in [0.05, 0.1) is 11.3 Å². The van der Waals surface area contributed by atoms with E-state index in [9.17, 15) is 23.6 Å². The van der Waals surface area contributed by atoms with Gasteiger partial charge in [0, 0.05) is 41.6 Å². The van der Waals surface area contributed by atoms with Crippen LogP contribution in [0.1, 0.15) is 38.2 Å². The lowest BCUT2D eigenvalue weighted by atomic mass is 9.63. The lowest BCUT2D eigenvalue weighted by Crippen LogP contribution is -2.52. The molecule has 2 N–H and O–H groups in total. The lowest BCUT2D eigenvalue weighted by molar-refractivity contribution is -0.124. The van der Waals surface area contributed by atoms with Gasteiger partial charge in [0.15, 0.2) is 5.78 Å². The number of allylic oxidation sites excluding steroid dienone is 1.